The summed E-state index contributed by atoms with van der Waals surface area (Å²) in [5.41, 5.74) is 1.39. The van der Waals surface area contributed by atoms with Crippen molar-refractivity contribution >= 4 is 16.9 Å². The molecule has 0 atom stereocenters. The highest BCUT2D eigenvalue weighted by Crippen LogP contribution is 2.19. The van der Waals surface area contributed by atoms with Gasteiger partial charge in [0.1, 0.15) is 0 Å². The average molecular weight is 200 g/mol. The number of aromatic amines is 1. The lowest BCUT2D eigenvalue weighted by Crippen LogP contribution is -1.97. The second kappa shape index (κ2) is 3.46. The Morgan fingerprint density at radius 3 is 3.00 bits per heavy atom. The molecule has 2 aromatic rings. The second-order valence-corrected chi connectivity index (χ2v) is 2.98. The summed E-state index contributed by atoms with van der Waals surface area (Å²) in [4.78, 5) is 10.9. The van der Waals surface area contributed by atoms with E-state index in [1.807, 2.05) is 6.07 Å². The van der Waals surface area contributed by atoms with Crippen molar-refractivity contribution in [3.05, 3.63) is 29.5 Å². The first-order valence-electron chi connectivity index (χ1n) is 4.37. The van der Waals surface area contributed by atoms with Gasteiger partial charge in [-0.25, -0.2) is 4.79 Å². The Balaban J connectivity index is 2.84. The number of carboxylic acid groups (broad SMARTS) is 1. The molecule has 74 valence electrons. The third-order valence-electron chi connectivity index (χ3n) is 2.05. The van der Waals surface area contributed by atoms with Crippen molar-refractivity contribution in [3.8, 4) is 11.8 Å². The molecule has 0 radical (unpaired) electrons. The van der Waals surface area contributed by atoms with Gasteiger partial charge in [0.05, 0.1) is 10.9 Å². The fourth-order valence-electron chi connectivity index (χ4n) is 1.47. The number of nitrogens with zero attached hydrogens (tertiary/aromatic N) is 1. The van der Waals surface area contributed by atoms with Crippen molar-refractivity contribution in [1.29, 1.82) is 0 Å². The summed E-state index contributed by atoms with van der Waals surface area (Å²) in [7, 11) is 0. The van der Waals surface area contributed by atoms with Crippen molar-refractivity contribution < 1.29 is 9.90 Å². The van der Waals surface area contributed by atoms with Crippen molar-refractivity contribution in [1.82, 2.24) is 10.2 Å². The SMILES string of the molecule is CC#Cc1cccc2[nH]nc(C(=O)O)c12. The Hall–Kier alpha value is -2.28. The van der Waals surface area contributed by atoms with Crippen LogP contribution in [0.4, 0.5) is 0 Å². The normalized spacial score (nSPS) is 9.67. The predicted molar refractivity (Wildman–Crippen MR) is 55.6 cm³/mol. The van der Waals surface area contributed by atoms with E-state index >= 15 is 0 Å². The van der Waals surface area contributed by atoms with Crippen LogP contribution < -0.4 is 0 Å². The maximum absolute atomic E-state index is 10.9. The molecule has 0 bridgehead atoms. The zero-order valence-electron chi connectivity index (χ0n) is 8.03. The number of aromatic carboxylic acids is 1. The first-order chi connectivity index (χ1) is 7.24. The number of hydrogen-bond acceptors (Lipinski definition) is 2. The van der Waals surface area contributed by atoms with Gasteiger partial charge < -0.3 is 5.11 Å². The molecule has 15 heavy (non-hydrogen) atoms. The Bertz CT molecular complexity index is 587. The topological polar surface area (TPSA) is 66.0 Å². The largest absolute Gasteiger partial charge is 0.476 e. The summed E-state index contributed by atoms with van der Waals surface area (Å²) in [5, 5.41) is 15.9. The fraction of sp³-hybridized carbons (Fsp3) is 0.0909. The highest BCUT2D eigenvalue weighted by molar-refractivity contribution is 6.03. The summed E-state index contributed by atoms with van der Waals surface area (Å²) in [5.74, 6) is 4.56. The molecule has 1 heterocycles. The number of H-pyrrole nitrogens is 1. The Kier molecular flexibility index (Phi) is 2.14. The quantitative estimate of drug-likeness (QED) is 0.687. The van der Waals surface area contributed by atoms with Gasteiger partial charge in [-0.1, -0.05) is 12.0 Å². The van der Waals surface area contributed by atoms with E-state index in [2.05, 4.69) is 22.0 Å². The lowest BCUT2D eigenvalue weighted by Gasteiger charge is -1.94. The van der Waals surface area contributed by atoms with Gasteiger partial charge in [-0.2, -0.15) is 5.10 Å². The Labute approximate surface area is 85.9 Å². The lowest BCUT2D eigenvalue weighted by molar-refractivity contribution is 0.0692. The molecule has 0 saturated heterocycles. The smallest absolute Gasteiger partial charge is 0.357 e. The van der Waals surface area contributed by atoms with E-state index in [0.717, 1.165) is 0 Å². The summed E-state index contributed by atoms with van der Waals surface area (Å²) in [6.45, 7) is 1.71. The van der Waals surface area contributed by atoms with E-state index < -0.39 is 5.97 Å². The maximum atomic E-state index is 10.9. The number of nitrogens with one attached hydrogen (secondary N) is 1. The van der Waals surface area contributed by atoms with Crippen LogP contribution in [0.2, 0.25) is 0 Å². The monoisotopic (exact) mass is 200 g/mol. The molecule has 0 aliphatic rings. The number of fused-ring (bicyclic) bond motifs is 1. The van der Waals surface area contributed by atoms with Gasteiger partial charge in [-0.3, -0.25) is 5.10 Å². The summed E-state index contributed by atoms with van der Waals surface area (Å²) in [6.07, 6.45) is 0. The number of benzene rings is 1. The number of aromatic nitrogens is 2. The molecule has 0 fully saturated rings. The van der Waals surface area contributed by atoms with Gasteiger partial charge in [0.2, 0.25) is 0 Å². The van der Waals surface area contributed by atoms with Crippen LogP contribution >= 0.6 is 0 Å². The minimum atomic E-state index is -1.05. The molecule has 4 heteroatoms. The van der Waals surface area contributed by atoms with E-state index in [9.17, 15) is 4.79 Å². The van der Waals surface area contributed by atoms with Gasteiger partial charge >= 0.3 is 5.97 Å². The second-order valence-electron chi connectivity index (χ2n) is 2.98. The predicted octanol–water partition coefficient (Wildman–Crippen LogP) is 1.63. The van der Waals surface area contributed by atoms with Crippen LogP contribution in [0.5, 0.6) is 0 Å². The molecule has 2 rings (SSSR count). The fourth-order valence-corrected chi connectivity index (χ4v) is 1.47. The van der Waals surface area contributed by atoms with E-state index in [0.29, 0.717) is 16.5 Å². The lowest BCUT2D eigenvalue weighted by atomic mass is 10.1. The van der Waals surface area contributed by atoms with Crippen LogP contribution in [0, 0.1) is 11.8 Å². The number of carbonyl (C=O) groups is 1. The van der Waals surface area contributed by atoms with Crippen molar-refractivity contribution in [2.24, 2.45) is 0 Å². The van der Waals surface area contributed by atoms with Crippen LogP contribution in [0.1, 0.15) is 23.0 Å². The first kappa shape index (κ1) is 9.28. The highest BCUT2D eigenvalue weighted by Gasteiger charge is 2.14. The Morgan fingerprint density at radius 2 is 2.33 bits per heavy atom. The van der Waals surface area contributed by atoms with E-state index in [1.165, 1.54) is 0 Å². The number of rotatable bonds is 1. The molecular weight excluding hydrogens is 192 g/mol. The van der Waals surface area contributed by atoms with Gasteiger partial charge in [0, 0.05) is 5.56 Å². The minimum absolute atomic E-state index is 0.0170. The third-order valence-corrected chi connectivity index (χ3v) is 2.05. The van der Waals surface area contributed by atoms with Crippen LogP contribution in [0.3, 0.4) is 0 Å². The van der Waals surface area contributed by atoms with Crippen LogP contribution in [0.15, 0.2) is 18.2 Å². The van der Waals surface area contributed by atoms with Crippen LogP contribution in [-0.2, 0) is 0 Å². The first-order valence-corrected chi connectivity index (χ1v) is 4.37. The van der Waals surface area contributed by atoms with Crippen molar-refractivity contribution in [3.63, 3.8) is 0 Å². The maximum Gasteiger partial charge on any atom is 0.357 e. The molecule has 4 nitrogen and oxygen atoms in total. The summed E-state index contributed by atoms with van der Waals surface area (Å²) in [6, 6.07) is 5.36. The van der Waals surface area contributed by atoms with Gasteiger partial charge in [0.15, 0.2) is 5.69 Å². The molecule has 0 unspecified atom stereocenters. The molecule has 1 aromatic carbocycles. The van der Waals surface area contributed by atoms with Gasteiger partial charge in [-0.15, -0.1) is 5.92 Å². The molecule has 0 aliphatic heterocycles. The third kappa shape index (κ3) is 1.44. The molecule has 2 N–H and O–H groups in total. The molecule has 1 aromatic heterocycles. The molecular formula is C11H8N2O2. The summed E-state index contributed by atoms with van der Waals surface area (Å²) >= 11 is 0. The van der Waals surface area contributed by atoms with Crippen molar-refractivity contribution in [2.75, 3.05) is 0 Å². The van der Waals surface area contributed by atoms with E-state index in [-0.39, 0.29) is 5.69 Å². The number of carboxylic acids is 1. The Morgan fingerprint density at radius 1 is 1.53 bits per heavy atom. The molecule has 0 amide bonds. The van der Waals surface area contributed by atoms with Gasteiger partial charge in [-0.05, 0) is 19.1 Å². The van der Waals surface area contributed by atoms with E-state index in [1.54, 1.807) is 19.1 Å². The van der Waals surface area contributed by atoms with Crippen LogP contribution in [-0.4, -0.2) is 21.3 Å². The standard InChI is InChI=1S/C11H8N2O2/c1-2-4-7-5-3-6-8-9(7)10(11(14)15)13-12-8/h3,5-6H,1H3,(H,12,13)(H,14,15). The highest BCUT2D eigenvalue weighted by atomic mass is 16.4. The zero-order chi connectivity index (χ0) is 10.8. The summed E-state index contributed by atoms with van der Waals surface area (Å²) < 4.78 is 0. The van der Waals surface area contributed by atoms with E-state index in [4.69, 9.17) is 5.11 Å². The average Bonchev–Trinajstić information content (AvgIpc) is 2.62. The molecule has 0 saturated carbocycles. The van der Waals surface area contributed by atoms with Crippen molar-refractivity contribution in [2.45, 2.75) is 6.92 Å². The number of hydrogen-bond donors (Lipinski definition) is 2. The minimum Gasteiger partial charge on any atom is -0.476 e. The molecule has 0 spiro atoms. The van der Waals surface area contributed by atoms with Gasteiger partial charge in [0.25, 0.3) is 0 Å². The van der Waals surface area contributed by atoms with Crippen LogP contribution in [0.25, 0.3) is 10.9 Å². The molecule has 0 aliphatic carbocycles. The zero-order valence-corrected chi connectivity index (χ0v) is 8.03.